The van der Waals surface area contributed by atoms with Crippen molar-refractivity contribution in [2.75, 3.05) is 17.2 Å². The zero-order chi connectivity index (χ0) is 17.2. The average molecular weight is 327 g/mol. The normalized spacial score (nSPS) is 18.8. The standard InChI is InChI=1S/C17H17N3O4/c1-3-23-12-8-6-11(7-9-12)19-15(21)17(2)16(22)20-14-13(24-17)5-4-10-18-14/h4-10H,3H2,1-2H3,(H,19,21)(H,18,20,22)/t17-/m1/s1. The van der Waals surface area contributed by atoms with Gasteiger partial charge in [-0.1, -0.05) is 0 Å². The monoisotopic (exact) mass is 327 g/mol. The zero-order valence-corrected chi connectivity index (χ0v) is 13.3. The second-order valence-electron chi connectivity index (χ2n) is 5.35. The number of nitrogens with zero attached hydrogens (tertiary/aromatic N) is 1. The summed E-state index contributed by atoms with van der Waals surface area (Å²) in [6.07, 6.45) is 1.53. The van der Waals surface area contributed by atoms with Gasteiger partial charge >= 0.3 is 0 Å². The van der Waals surface area contributed by atoms with E-state index in [0.717, 1.165) is 0 Å². The van der Waals surface area contributed by atoms with Gasteiger partial charge in [-0.25, -0.2) is 4.98 Å². The summed E-state index contributed by atoms with van der Waals surface area (Å²) in [5.74, 6) is 0.208. The lowest BCUT2D eigenvalue weighted by Gasteiger charge is -2.32. The maximum atomic E-state index is 12.6. The van der Waals surface area contributed by atoms with Gasteiger partial charge in [0.25, 0.3) is 17.4 Å². The summed E-state index contributed by atoms with van der Waals surface area (Å²) in [5.41, 5.74) is -1.15. The fourth-order valence-electron chi connectivity index (χ4n) is 2.26. The predicted octanol–water partition coefficient (Wildman–Crippen LogP) is 2.21. The van der Waals surface area contributed by atoms with E-state index >= 15 is 0 Å². The maximum absolute atomic E-state index is 12.6. The fourth-order valence-corrected chi connectivity index (χ4v) is 2.26. The molecule has 1 aromatic carbocycles. The number of nitrogens with one attached hydrogen (secondary N) is 2. The molecule has 7 heteroatoms. The van der Waals surface area contributed by atoms with Crippen molar-refractivity contribution >= 4 is 23.3 Å². The molecule has 0 saturated carbocycles. The number of hydrogen-bond acceptors (Lipinski definition) is 5. The van der Waals surface area contributed by atoms with Gasteiger partial charge in [0, 0.05) is 11.9 Å². The molecule has 0 unspecified atom stereocenters. The minimum Gasteiger partial charge on any atom is -0.494 e. The van der Waals surface area contributed by atoms with Crippen LogP contribution >= 0.6 is 0 Å². The van der Waals surface area contributed by atoms with E-state index in [0.29, 0.717) is 29.6 Å². The Morgan fingerprint density at radius 3 is 2.79 bits per heavy atom. The Bertz CT molecular complexity index is 776. The van der Waals surface area contributed by atoms with Crippen molar-refractivity contribution in [3.63, 3.8) is 0 Å². The Morgan fingerprint density at radius 1 is 1.33 bits per heavy atom. The minimum atomic E-state index is -1.69. The lowest BCUT2D eigenvalue weighted by Crippen LogP contribution is -2.56. The molecule has 1 aliphatic heterocycles. The van der Waals surface area contributed by atoms with Gasteiger partial charge in [-0.2, -0.15) is 0 Å². The molecule has 2 amide bonds. The first-order chi connectivity index (χ1) is 11.5. The van der Waals surface area contributed by atoms with Crippen LogP contribution in [0, 0.1) is 0 Å². The molecule has 7 nitrogen and oxygen atoms in total. The summed E-state index contributed by atoms with van der Waals surface area (Å²) >= 11 is 0. The van der Waals surface area contributed by atoms with Crippen LogP contribution in [-0.4, -0.2) is 29.0 Å². The molecule has 2 N–H and O–H groups in total. The number of aromatic nitrogens is 1. The lowest BCUT2D eigenvalue weighted by molar-refractivity contribution is -0.143. The third-order valence-corrected chi connectivity index (χ3v) is 3.61. The molecule has 0 saturated heterocycles. The Morgan fingerprint density at radius 2 is 2.08 bits per heavy atom. The van der Waals surface area contributed by atoms with Crippen molar-refractivity contribution in [2.24, 2.45) is 0 Å². The molecule has 1 atom stereocenters. The molecule has 1 aliphatic rings. The first-order valence-electron chi connectivity index (χ1n) is 7.52. The third-order valence-electron chi connectivity index (χ3n) is 3.61. The van der Waals surface area contributed by atoms with E-state index in [-0.39, 0.29) is 0 Å². The van der Waals surface area contributed by atoms with Gasteiger partial charge in [0.05, 0.1) is 6.61 Å². The van der Waals surface area contributed by atoms with Crippen LogP contribution < -0.4 is 20.1 Å². The lowest BCUT2D eigenvalue weighted by atomic mass is 10.0. The van der Waals surface area contributed by atoms with Crippen LogP contribution in [0.5, 0.6) is 11.5 Å². The number of benzene rings is 1. The summed E-state index contributed by atoms with van der Waals surface area (Å²) in [7, 11) is 0. The number of rotatable bonds is 4. The molecule has 1 aromatic heterocycles. The van der Waals surface area contributed by atoms with E-state index in [2.05, 4.69) is 15.6 Å². The largest absolute Gasteiger partial charge is 0.494 e. The molecule has 0 fully saturated rings. The van der Waals surface area contributed by atoms with E-state index in [4.69, 9.17) is 9.47 Å². The predicted molar refractivity (Wildman–Crippen MR) is 88.1 cm³/mol. The molecule has 0 bridgehead atoms. The molecule has 0 radical (unpaired) electrons. The quantitative estimate of drug-likeness (QED) is 0.840. The maximum Gasteiger partial charge on any atom is 0.279 e. The second kappa shape index (κ2) is 6.19. The first-order valence-corrected chi connectivity index (χ1v) is 7.52. The molecule has 2 heterocycles. The van der Waals surface area contributed by atoms with Gasteiger partial charge < -0.3 is 20.1 Å². The van der Waals surface area contributed by atoms with Crippen molar-refractivity contribution in [3.05, 3.63) is 42.6 Å². The Balaban J connectivity index is 1.77. The smallest absolute Gasteiger partial charge is 0.279 e. The van der Waals surface area contributed by atoms with Gasteiger partial charge in [0.2, 0.25) is 0 Å². The van der Waals surface area contributed by atoms with E-state index < -0.39 is 17.4 Å². The number of hydrogen-bond donors (Lipinski definition) is 2. The topological polar surface area (TPSA) is 89.6 Å². The van der Waals surface area contributed by atoms with Crippen molar-refractivity contribution in [2.45, 2.75) is 19.4 Å². The number of amides is 2. The van der Waals surface area contributed by atoms with Crippen LogP contribution in [0.4, 0.5) is 11.5 Å². The van der Waals surface area contributed by atoms with E-state index in [9.17, 15) is 9.59 Å². The van der Waals surface area contributed by atoms with Gasteiger partial charge in [-0.15, -0.1) is 0 Å². The minimum absolute atomic E-state index is 0.300. The fraction of sp³-hybridized carbons (Fsp3) is 0.235. The summed E-state index contributed by atoms with van der Waals surface area (Å²) < 4.78 is 11.0. The molecule has 3 rings (SSSR count). The summed E-state index contributed by atoms with van der Waals surface area (Å²) in [4.78, 5) is 28.9. The average Bonchev–Trinajstić information content (AvgIpc) is 2.58. The third kappa shape index (κ3) is 2.88. The van der Waals surface area contributed by atoms with Gasteiger partial charge in [0.1, 0.15) is 5.75 Å². The second-order valence-corrected chi connectivity index (χ2v) is 5.35. The Hall–Kier alpha value is -3.09. The number of ether oxygens (including phenoxy) is 2. The van der Waals surface area contributed by atoms with Crippen LogP contribution in [0.15, 0.2) is 42.6 Å². The van der Waals surface area contributed by atoms with Crippen LogP contribution in [0.3, 0.4) is 0 Å². The zero-order valence-electron chi connectivity index (χ0n) is 13.3. The van der Waals surface area contributed by atoms with Crippen molar-refractivity contribution in [1.29, 1.82) is 0 Å². The number of carbonyl (C=O) groups excluding carboxylic acids is 2. The number of carbonyl (C=O) groups is 2. The highest BCUT2D eigenvalue weighted by atomic mass is 16.5. The molecule has 24 heavy (non-hydrogen) atoms. The molecule has 0 spiro atoms. The van der Waals surface area contributed by atoms with E-state index in [1.54, 1.807) is 36.4 Å². The van der Waals surface area contributed by atoms with Gasteiger partial charge in [0.15, 0.2) is 11.6 Å². The van der Waals surface area contributed by atoms with Crippen LogP contribution in [-0.2, 0) is 9.59 Å². The van der Waals surface area contributed by atoms with E-state index in [1.807, 2.05) is 6.92 Å². The number of fused-ring (bicyclic) bond motifs is 1. The first kappa shape index (κ1) is 15.8. The van der Waals surface area contributed by atoms with Crippen LogP contribution in [0.25, 0.3) is 0 Å². The number of anilines is 2. The Labute approximate surface area is 139 Å². The highest BCUT2D eigenvalue weighted by molar-refractivity contribution is 6.18. The van der Waals surface area contributed by atoms with E-state index in [1.165, 1.54) is 13.1 Å². The molecular weight excluding hydrogens is 310 g/mol. The molecule has 2 aromatic rings. The molecule has 0 aliphatic carbocycles. The SMILES string of the molecule is CCOc1ccc(NC(=O)[C@@]2(C)Oc3cccnc3NC2=O)cc1. The molecular formula is C17H17N3O4. The van der Waals surface area contributed by atoms with Gasteiger partial charge in [-0.05, 0) is 50.2 Å². The highest BCUT2D eigenvalue weighted by Crippen LogP contribution is 2.32. The highest BCUT2D eigenvalue weighted by Gasteiger charge is 2.47. The summed E-state index contributed by atoms with van der Waals surface area (Å²) in [6.45, 7) is 3.87. The number of pyridine rings is 1. The van der Waals surface area contributed by atoms with Crippen molar-refractivity contribution in [1.82, 2.24) is 4.98 Å². The Kier molecular flexibility index (Phi) is 4.07. The molecule has 124 valence electrons. The van der Waals surface area contributed by atoms with Crippen LogP contribution in [0.1, 0.15) is 13.8 Å². The summed E-state index contributed by atoms with van der Waals surface area (Å²) in [5, 5.41) is 5.27. The van der Waals surface area contributed by atoms with Crippen LogP contribution in [0.2, 0.25) is 0 Å². The van der Waals surface area contributed by atoms with Crippen molar-refractivity contribution in [3.8, 4) is 11.5 Å². The summed E-state index contributed by atoms with van der Waals surface area (Å²) in [6, 6.07) is 10.2. The van der Waals surface area contributed by atoms with Crippen molar-refractivity contribution < 1.29 is 19.1 Å². The van der Waals surface area contributed by atoms with Gasteiger partial charge in [-0.3, -0.25) is 9.59 Å².